The van der Waals surface area contributed by atoms with Gasteiger partial charge in [0.2, 0.25) is 17.7 Å². The third-order valence-corrected chi connectivity index (χ3v) is 2.86. The highest BCUT2D eigenvalue weighted by Crippen LogP contribution is 2.18. The summed E-state index contributed by atoms with van der Waals surface area (Å²) in [5.41, 5.74) is 5.77. The molecule has 1 aliphatic carbocycles. The number of nitrogen functional groups attached to an aromatic ring is 1. The lowest BCUT2D eigenvalue weighted by Crippen LogP contribution is -2.29. The molecule has 0 radical (unpaired) electrons. The zero-order valence-electron chi connectivity index (χ0n) is 11.0. The summed E-state index contributed by atoms with van der Waals surface area (Å²) in [4.78, 5) is 27.1. The first-order valence-corrected chi connectivity index (χ1v) is 6.41. The normalized spacial score (nSPS) is 13.9. The van der Waals surface area contributed by atoms with Gasteiger partial charge < -0.3 is 16.4 Å². The van der Waals surface area contributed by atoms with E-state index in [4.69, 9.17) is 5.73 Å². The Morgan fingerprint density at radius 1 is 1.48 bits per heavy atom. The van der Waals surface area contributed by atoms with Crippen molar-refractivity contribution in [1.29, 1.82) is 0 Å². The summed E-state index contributed by atoms with van der Waals surface area (Å²) < 4.78 is 1.45. The van der Waals surface area contributed by atoms with Crippen LogP contribution in [0.3, 0.4) is 0 Å². The van der Waals surface area contributed by atoms with Crippen LogP contribution < -0.4 is 16.4 Å². The van der Waals surface area contributed by atoms with Gasteiger partial charge in [0.25, 0.3) is 5.91 Å². The first-order valence-electron chi connectivity index (χ1n) is 6.41. The molecule has 0 spiro atoms. The van der Waals surface area contributed by atoms with Gasteiger partial charge in [-0.1, -0.05) is 0 Å². The maximum Gasteiger partial charge on any atom is 0.293 e. The highest BCUT2D eigenvalue weighted by Gasteiger charge is 2.23. The summed E-state index contributed by atoms with van der Waals surface area (Å²) in [5.74, 6) is -0.581. The van der Waals surface area contributed by atoms with Gasteiger partial charge in [-0.2, -0.15) is 10.1 Å². The molecule has 0 bridgehead atoms. The van der Waals surface area contributed by atoms with E-state index in [9.17, 15) is 9.59 Å². The molecule has 1 saturated carbocycles. The van der Waals surface area contributed by atoms with Gasteiger partial charge in [-0.3, -0.25) is 19.4 Å². The van der Waals surface area contributed by atoms with Gasteiger partial charge in [0.05, 0.1) is 11.9 Å². The fraction of sp³-hybridized carbons (Fsp3) is 0.364. The first kappa shape index (κ1) is 13.1. The smallest absolute Gasteiger partial charge is 0.293 e. The zero-order chi connectivity index (χ0) is 14.8. The molecule has 21 heavy (non-hydrogen) atoms. The van der Waals surface area contributed by atoms with Gasteiger partial charge in [-0.05, 0) is 12.8 Å². The summed E-state index contributed by atoms with van der Waals surface area (Å²) in [6.07, 6.45) is 5.07. The molecule has 0 aliphatic heterocycles. The summed E-state index contributed by atoms with van der Waals surface area (Å²) in [6, 6.07) is 0.309. The van der Waals surface area contributed by atoms with Crippen molar-refractivity contribution in [3.05, 3.63) is 18.2 Å². The van der Waals surface area contributed by atoms with Crippen molar-refractivity contribution in [2.75, 3.05) is 11.1 Å². The fourth-order valence-electron chi connectivity index (χ4n) is 1.73. The van der Waals surface area contributed by atoms with Crippen molar-refractivity contribution >= 4 is 23.5 Å². The Kier molecular flexibility index (Phi) is 3.26. The lowest BCUT2D eigenvalue weighted by Gasteiger charge is -2.02. The Balaban J connectivity index is 1.56. The molecule has 10 nitrogen and oxygen atoms in total. The third kappa shape index (κ3) is 3.35. The van der Waals surface area contributed by atoms with E-state index in [-0.39, 0.29) is 24.2 Å². The van der Waals surface area contributed by atoms with Gasteiger partial charge in [-0.25, -0.2) is 0 Å². The molecule has 3 rings (SSSR count). The number of H-pyrrole nitrogens is 1. The SMILES string of the molecule is Nc1n[nH]c(C(=O)Nc2cnn(CC(=O)NC3CC3)c2)n1. The Bertz CT molecular complexity index is 671. The van der Waals surface area contributed by atoms with Gasteiger partial charge in [0.15, 0.2) is 0 Å². The van der Waals surface area contributed by atoms with Crippen molar-refractivity contribution in [3.63, 3.8) is 0 Å². The van der Waals surface area contributed by atoms with Crippen LogP contribution in [0.2, 0.25) is 0 Å². The summed E-state index contributed by atoms with van der Waals surface area (Å²) in [7, 11) is 0. The minimum atomic E-state index is -0.485. The van der Waals surface area contributed by atoms with Crippen LogP contribution in [0.15, 0.2) is 12.4 Å². The van der Waals surface area contributed by atoms with E-state index in [1.54, 1.807) is 6.20 Å². The minimum absolute atomic E-state index is 0.00623. The lowest BCUT2D eigenvalue weighted by atomic mass is 10.5. The van der Waals surface area contributed by atoms with Crippen LogP contribution in [0, 0.1) is 0 Å². The number of aromatic amines is 1. The topological polar surface area (TPSA) is 144 Å². The quantitative estimate of drug-likeness (QED) is 0.562. The molecule has 1 fully saturated rings. The van der Waals surface area contributed by atoms with Crippen molar-refractivity contribution in [2.24, 2.45) is 0 Å². The molecule has 1 aliphatic rings. The number of hydrogen-bond acceptors (Lipinski definition) is 6. The Morgan fingerprint density at radius 3 is 2.95 bits per heavy atom. The number of rotatable bonds is 5. The summed E-state index contributed by atoms with van der Waals surface area (Å²) in [5, 5.41) is 15.4. The van der Waals surface area contributed by atoms with Crippen LogP contribution >= 0.6 is 0 Å². The first-order chi connectivity index (χ1) is 10.1. The van der Waals surface area contributed by atoms with Crippen molar-refractivity contribution in [3.8, 4) is 0 Å². The molecular formula is C11H14N8O2. The maximum absolute atomic E-state index is 11.8. The van der Waals surface area contributed by atoms with E-state index in [1.807, 2.05) is 0 Å². The van der Waals surface area contributed by atoms with E-state index >= 15 is 0 Å². The lowest BCUT2D eigenvalue weighted by molar-refractivity contribution is -0.122. The average Bonchev–Trinajstić information content (AvgIpc) is 2.95. The second-order valence-electron chi connectivity index (χ2n) is 4.76. The van der Waals surface area contributed by atoms with Gasteiger partial charge >= 0.3 is 0 Å². The van der Waals surface area contributed by atoms with Crippen molar-refractivity contribution in [1.82, 2.24) is 30.3 Å². The predicted molar refractivity (Wildman–Crippen MR) is 72.1 cm³/mol. The maximum atomic E-state index is 11.8. The molecule has 0 saturated heterocycles. The number of nitrogens with one attached hydrogen (secondary N) is 3. The molecule has 2 amide bonds. The molecule has 110 valence electrons. The van der Waals surface area contributed by atoms with Crippen LogP contribution in [0.25, 0.3) is 0 Å². The Hall–Kier alpha value is -2.91. The van der Waals surface area contributed by atoms with E-state index in [2.05, 4.69) is 30.9 Å². The number of anilines is 2. The summed E-state index contributed by atoms with van der Waals surface area (Å²) in [6.45, 7) is 0.113. The monoisotopic (exact) mass is 290 g/mol. The minimum Gasteiger partial charge on any atom is -0.366 e. The standard InChI is InChI=1S/C11H14N8O2/c12-11-16-9(17-18-11)10(21)15-7-3-13-19(4-7)5-8(20)14-6-1-2-6/h3-4,6H,1-2,5H2,(H,14,20)(H,15,21)(H3,12,16,17,18). The Labute approximate surface area is 119 Å². The molecule has 2 aromatic rings. The predicted octanol–water partition coefficient (Wildman–Crippen LogP) is -0.886. The number of hydrogen-bond donors (Lipinski definition) is 4. The number of nitrogens with zero attached hydrogens (tertiary/aromatic N) is 4. The van der Waals surface area contributed by atoms with E-state index in [0.717, 1.165) is 12.8 Å². The average molecular weight is 290 g/mol. The van der Waals surface area contributed by atoms with E-state index in [0.29, 0.717) is 11.7 Å². The second kappa shape index (κ2) is 5.23. The van der Waals surface area contributed by atoms with Crippen molar-refractivity contribution < 1.29 is 9.59 Å². The third-order valence-electron chi connectivity index (χ3n) is 2.86. The van der Waals surface area contributed by atoms with E-state index < -0.39 is 5.91 Å². The van der Waals surface area contributed by atoms with Crippen molar-refractivity contribution in [2.45, 2.75) is 25.4 Å². The van der Waals surface area contributed by atoms with Gasteiger partial charge in [-0.15, -0.1) is 5.10 Å². The van der Waals surface area contributed by atoms with Crippen LogP contribution in [0.4, 0.5) is 11.6 Å². The largest absolute Gasteiger partial charge is 0.366 e. The second-order valence-corrected chi connectivity index (χ2v) is 4.76. The van der Waals surface area contributed by atoms with Crippen LogP contribution in [0.1, 0.15) is 23.5 Å². The van der Waals surface area contributed by atoms with E-state index in [1.165, 1.54) is 10.9 Å². The highest BCUT2D eigenvalue weighted by atomic mass is 16.2. The number of carbonyl (C=O) groups is 2. The number of nitrogens with two attached hydrogens (primary N) is 1. The van der Waals surface area contributed by atoms with Gasteiger partial charge in [0.1, 0.15) is 6.54 Å². The molecular weight excluding hydrogens is 276 g/mol. The van der Waals surface area contributed by atoms with Gasteiger partial charge in [0, 0.05) is 12.2 Å². The highest BCUT2D eigenvalue weighted by molar-refractivity contribution is 6.01. The molecule has 0 aromatic carbocycles. The molecule has 0 atom stereocenters. The summed E-state index contributed by atoms with van der Waals surface area (Å²) >= 11 is 0. The number of aromatic nitrogens is 5. The molecule has 2 aromatic heterocycles. The number of amides is 2. The fourth-order valence-corrected chi connectivity index (χ4v) is 1.73. The van der Waals surface area contributed by atoms with Crippen LogP contribution in [0.5, 0.6) is 0 Å². The molecule has 0 unspecified atom stereocenters. The molecule has 2 heterocycles. The number of carbonyl (C=O) groups excluding carboxylic acids is 2. The molecule has 5 N–H and O–H groups in total. The molecule has 10 heteroatoms. The zero-order valence-corrected chi connectivity index (χ0v) is 11.0. The Morgan fingerprint density at radius 2 is 2.29 bits per heavy atom. The van der Waals surface area contributed by atoms with Crippen LogP contribution in [-0.4, -0.2) is 42.8 Å². The van der Waals surface area contributed by atoms with Crippen LogP contribution in [-0.2, 0) is 11.3 Å².